The molecule has 0 bridgehead atoms. The molecule has 0 saturated heterocycles. The maximum Gasteiger partial charge on any atom is 0.573 e. The molecule has 1 aromatic heterocycles. The molecule has 2 aromatic rings. The number of aliphatic hydroxyl groups is 1. The maximum atomic E-state index is 12.5. The lowest BCUT2D eigenvalue weighted by Crippen LogP contribution is -2.17. The Kier molecular flexibility index (Phi) is 7.50. The number of pyridine rings is 1. The summed E-state index contributed by atoms with van der Waals surface area (Å²) in [6.07, 6.45) is 3.38. The number of nitrogens with zero attached hydrogens (tertiary/aromatic N) is 1. The number of aliphatic hydroxyl groups excluding tert-OH is 1. The molecule has 3 nitrogen and oxygen atoms in total. The lowest BCUT2D eigenvalue weighted by Gasteiger charge is -2.11. The topological polar surface area (TPSA) is 42.4 Å². The molecule has 0 atom stereocenters. The van der Waals surface area contributed by atoms with E-state index in [-0.39, 0.29) is 17.9 Å². The molecule has 0 fully saturated rings. The van der Waals surface area contributed by atoms with E-state index in [1.54, 1.807) is 12.1 Å². The van der Waals surface area contributed by atoms with E-state index in [1.165, 1.54) is 12.1 Å². The standard InChI is InChI=1S/C19H24F3NO2/c20-19(21,22)25-17-11-8-9-15-12-13-16(23-18(15)17)10-6-4-2-1-3-5-7-14-24/h8-9,11-13,24H,1-7,10,14H2. The first kappa shape index (κ1) is 19.5. The van der Waals surface area contributed by atoms with Crippen molar-refractivity contribution in [1.82, 2.24) is 4.98 Å². The highest BCUT2D eigenvalue weighted by atomic mass is 19.4. The molecule has 0 saturated carbocycles. The zero-order valence-electron chi connectivity index (χ0n) is 14.2. The molecule has 1 aromatic carbocycles. The van der Waals surface area contributed by atoms with Crippen LogP contribution in [0.3, 0.4) is 0 Å². The summed E-state index contributed by atoms with van der Waals surface area (Å²) in [4.78, 5) is 4.36. The summed E-state index contributed by atoms with van der Waals surface area (Å²) in [6.45, 7) is 0.258. The molecule has 2 rings (SSSR count). The van der Waals surface area contributed by atoms with Crippen LogP contribution in [-0.2, 0) is 6.42 Å². The summed E-state index contributed by atoms with van der Waals surface area (Å²) >= 11 is 0. The van der Waals surface area contributed by atoms with E-state index < -0.39 is 6.36 Å². The molecular weight excluding hydrogens is 331 g/mol. The molecule has 0 aliphatic rings. The number of ether oxygens (including phenoxy) is 1. The van der Waals surface area contributed by atoms with Crippen LogP contribution in [0.2, 0.25) is 0 Å². The third-order valence-electron chi connectivity index (χ3n) is 4.06. The Bertz CT molecular complexity index is 659. The number of aryl methyl sites for hydroxylation is 1. The predicted octanol–water partition coefficient (Wildman–Crippen LogP) is 5.40. The Morgan fingerprint density at radius 2 is 1.56 bits per heavy atom. The van der Waals surface area contributed by atoms with Gasteiger partial charge in [0.1, 0.15) is 5.52 Å². The van der Waals surface area contributed by atoms with Crippen LogP contribution in [-0.4, -0.2) is 23.1 Å². The molecule has 1 N–H and O–H groups in total. The van der Waals surface area contributed by atoms with Gasteiger partial charge in [-0.3, -0.25) is 0 Å². The van der Waals surface area contributed by atoms with Crippen molar-refractivity contribution in [2.45, 2.75) is 57.7 Å². The molecule has 138 valence electrons. The highest BCUT2D eigenvalue weighted by Gasteiger charge is 2.32. The SMILES string of the molecule is OCCCCCCCCCc1ccc2cccc(OC(F)(F)F)c2n1. The number of rotatable bonds is 10. The monoisotopic (exact) mass is 355 g/mol. The van der Waals surface area contributed by atoms with Gasteiger partial charge in [-0.15, -0.1) is 13.2 Å². The van der Waals surface area contributed by atoms with Crippen molar-refractivity contribution in [3.05, 3.63) is 36.0 Å². The van der Waals surface area contributed by atoms with E-state index in [0.717, 1.165) is 57.1 Å². The van der Waals surface area contributed by atoms with Crippen molar-refractivity contribution < 1.29 is 23.0 Å². The molecule has 0 unspecified atom stereocenters. The van der Waals surface area contributed by atoms with Crippen molar-refractivity contribution in [3.63, 3.8) is 0 Å². The van der Waals surface area contributed by atoms with Crippen LogP contribution in [0, 0.1) is 0 Å². The fourth-order valence-electron chi connectivity index (χ4n) is 2.81. The average molecular weight is 355 g/mol. The van der Waals surface area contributed by atoms with E-state index in [2.05, 4.69) is 9.72 Å². The molecule has 0 aliphatic heterocycles. The molecule has 0 radical (unpaired) electrons. The molecule has 0 amide bonds. The highest BCUT2D eigenvalue weighted by Crippen LogP contribution is 2.29. The fraction of sp³-hybridized carbons (Fsp3) is 0.526. The Labute approximate surface area is 145 Å². The molecule has 0 spiro atoms. The van der Waals surface area contributed by atoms with E-state index in [1.807, 2.05) is 6.07 Å². The van der Waals surface area contributed by atoms with Gasteiger partial charge in [-0.25, -0.2) is 4.98 Å². The summed E-state index contributed by atoms with van der Waals surface area (Å²) < 4.78 is 41.6. The summed E-state index contributed by atoms with van der Waals surface area (Å²) in [7, 11) is 0. The second-order valence-corrected chi connectivity index (χ2v) is 6.13. The van der Waals surface area contributed by atoms with E-state index in [9.17, 15) is 13.2 Å². The Hall–Kier alpha value is -1.82. The second-order valence-electron chi connectivity index (χ2n) is 6.13. The Balaban J connectivity index is 1.88. The number of hydrogen-bond acceptors (Lipinski definition) is 3. The number of fused-ring (bicyclic) bond motifs is 1. The van der Waals surface area contributed by atoms with Gasteiger partial charge >= 0.3 is 6.36 Å². The first-order valence-corrected chi connectivity index (χ1v) is 8.75. The normalized spacial score (nSPS) is 11.8. The average Bonchev–Trinajstić information content (AvgIpc) is 2.56. The first-order chi connectivity index (χ1) is 12.0. The van der Waals surface area contributed by atoms with E-state index in [0.29, 0.717) is 5.39 Å². The van der Waals surface area contributed by atoms with Gasteiger partial charge in [0.15, 0.2) is 5.75 Å². The van der Waals surface area contributed by atoms with Gasteiger partial charge in [-0.2, -0.15) is 0 Å². The van der Waals surface area contributed by atoms with Crippen LogP contribution >= 0.6 is 0 Å². The Morgan fingerprint density at radius 1 is 0.880 bits per heavy atom. The van der Waals surface area contributed by atoms with Gasteiger partial charge in [-0.1, -0.05) is 50.3 Å². The quantitative estimate of drug-likeness (QED) is 0.580. The van der Waals surface area contributed by atoms with Crippen molar-refractivity contribution in [3.8, 4) is 5.75 Å². The second kappa shape index (κ2) is 9.61. The van der Waals surface area contributed by atoms with Crippen LogP contribution < -0.4 is 4.74 Å². The number of aromatic nitrogens is 1. The smallest absolute Gasteiger partial charge is 0.403 e. The molecule has 25 heavy (non-hydrogen) atoms. The predicted molar refractivity (Wildman–Crippen MR) is 91.5 cm³/mol. The van der Waals surface area contributed by atoms with Crippen LogP contribution in [0.25, 0.3) is 10.9 Å². The summed E-state index contributed by atoms with van der Waals surface area (Å²) in [5, 5.41) is 9.35. The summed E-state index contributed by atoms with van der Waals surface area (Å²) in [5.74, 6) is -0.254. The zero-order valence-corrected chi connectivity index (χ0v) is 14.2. The van der Waals surface area contributed by atoms with Crippen molar-refractivity contribution in [2.24, 2.45) is 0 Å². The number of para-hydroxylation sites is 1. The van der Waals surface area contributed by atoms with Crippen molar-refractivity contribution in [2.75, 3.05) is 6.61 Å². The van der Waals surface area contributed by atoms with Crippen molar-refractivity contribution >= 4 is 10.9 Å². The lowest BCUT2D eigenvalue weighted by molar-refractivity contribution is -0.274. The van der Waals surface area contributed by atoms with Gasteiger partial charge < -0.3 is 9.84 Å². The van der Waals surface area contributed by atoms with Crippen LogP contribution in [0.1, 0.15) is 50.6 Å². The largest absolute Gasteiger partial charge is 0.573 e. The minimum Gasteiger partial charge on any atom is -0.403 e. The number of benzene rings is 1. The van der Waals surface area contributed by atoms with Crippen LogP contribution in [0.15, 0.2) is 30.3 Å². The maximum absolute atomic E-state index is 12.5. The van der Waals surface area contributed by atoms with Gasteiger partial charge in [0.05, 0.1) is 0 Å². The summed E-state index contributed by atoms with van der Waals surface area (Å²) in [5.41, 5.74) is 1.03. The number of unbranched alkanes of at least 4 members (excludes halogenated alkanes) is 6. The zero-order chi connectivity index (χ0) is 18.1. The number of alkyl halides is 3. The van der Waals surface area contributed by atoms with Crippen LogP contribution in [0.4, 0.5) is 13.2 Å². The third-order valence-corrected chi connectivity index (χ3v) is 4.06. The van der Waals surface area contributed by atoms with Crippen LogP contribution in [0.5, 0.6) is 5.75 Å². The first-order valence-electron chi connectivity index (χ1n) is 8.75. The number of hydrogen-bond donors (Lipinski definition) is 1. The van der Waals surface area contributed by atoms with E-state index in [4.69, 9.17) is 5.11 Å². The molecule has 0 aliphatic carbocycles. The minimum atomic E-state index is -4.72. The number of halogens is 3. The summed E-state index contributed by atoms with van der Waals surface area (Å²) in [6, 6.07) is 8.19. The Morgan fingerprint density at radius 3 is 2.24 bits per heavy atom. The van der Waals surface area contributed by atoms with Gasteiger partial charge in [0.25, 0.3) is 0 Å². The van der Waals surface area contributed by atoms with Gasteiger partial charge in [0, 0.05) is 17.7 Å². The molecule has 6 heteroatoms. The minimum absolute atomic E-state index is 0.251. The third kappa shape index (κ3) is 6.90. The molecular formula is C19H24F3NO2. The molecule has 1 heterocycles. The highest BCUT2D eigenvalue weighted by molar-refractivity contribution is 5.84. The van der Waals surface area contributed by atoms with Gasteiger partial charge in [-0.05, 0) is 31.4 Å². The fourth-order valence-corrected chi connectivity index (χ4v) is 2.81. The van der Waals surface area contributed by atoms with E-state index >= 15 is 0 Å². The van der Waals surface area contributed by atoms with Crippen molar-refractivity contribution in [1.29, 1.82) is 0 Å². The lowest BCUT2D eigenvalue weighted by atomic mass is 10.1. The van der Waals surface area contributed by atoms with Gasteiger partial charge in [0.2, 0.25) is 0 Å².